The third-order valence-corrected chi connectivity index (χ3v) is 4.20. The van der Waals surface area contributed by atoms with Gasteiger partial charge in [-0.05, 0) is 38.8 Å². The monoisotopic (exact) mass is 267 g/mol. The zero-order valence-corrected chi connectivity index (χ0v) is 11.5. The van der Waals surface area contributed by atoms with Gasteiger partial charge in [0.05, 0.1) is 11.3 Å². The number of rotatable bonds is 2. The zero-order chi connectivity index (χ0) is 13.8. The van der Waals surface area contributed by atoms with Crippen LogP contribution < -0.4 is 10.5 Å². The number of pyridine rings is 1. The summed E-state index contributed by atoms with van der Waals surface area (Å²) in [6, 6.07) is 4.96. The van der Waals surface area contributed by atoms with Gasteiger partial charge in [0, 0.05) is 0 Å². The molecule has 1 aromatic rings. The Hall–Kier alpha value is -1.58. The smallest absolute Gasteiger partial charge is 0.238 e. The Balaban J connectivity index is 3.00. The average molecular weight is 267 g/mol. The lowest BCUT2D eigenvalue weighted by atomic mass is 10.3. The minimum atomic E-state index is -3.47. The minimum absolute atomic E-state index is 0.236. The van der Waals surface area contributed by atoms with Crippen molar-refractivity contribution in [1.82, 2.24) is 4.98 Å². The highest BCUT2D eigenvalue weighted by molar-refractivity contribution is 7.94. The molecule has 1 heterocycles. The van der Waals surface area contributed by atoms with Crippen LogP contribution in [0.15, 0.2) is 18.2 Å². The second-order valence-electron chi connectivity index (χ2n) is 4.63. The molecule has 18 heavy (non-hydrogen) atoms. The van der Waals surface area contributed by atoms with E-state index in [1.165, 1.54) is 0 Å². The summed E-state index contributed by atoms with van der Waals surface area (Å²) >= 11 is 0. The van der Waals surface area contributed by atoms with E-state index in [0.29, 0.717) is 5.69 Å². The molecule has 5 nitrogen and oxygen atoms in total. The fourth-order valence-corrected chi connectivity index (χ4v) is 1.69. The summed E-state index contributed by atoms with van der Waals surface area (Å²) in [5.41, 5.74) is 5.74. The van der Waals surface area contributed by atoms with E-state index in [1.807, 2.05) is 0 Å². The number of sulfonamides is 1. The molecule has 0 aliphatic carbocycles. The van der Waals surface area contributed by atoms with Crippen LogP contribution in [0.4, 0.5) is 5.82 Å². The van der Waals surface area contributed by atoms with Crippen LogP contribution in [0, 0.1) is 11.8 Å². The van der Waals surface area contributed by atoms with Crippen LogP contribution in [0.1, 0.15) is 26.5 Å². The first-order valence-corrected chi connectivity index (χ1v) is 6.93. The van der Waals surface area contributed by atoms with Crippen molar-refractivity contribution in [2.75, 3.05) is 11.3 Å². The van der Waals surface area contributed by atoms with Crippen LogP contribution >= 0.6 is 0 Å². The Morgan fingerprint density at radius 2 is 2.06 bits per heavy atom. The van der Waals surface area contributed by atoms with E-state index < -0.39 is 14.8 Å². The van der Waals surface area contributed by atoms with Gasteiger partial charge in [-0.3, -0.25) is 4.72 Å². The van der Waals surface area contributed by atoms with Gasteiger partial charge in [-0.25, -0.2) is 13.4 Å². The quantitative estimate of drug-likeness (QED) is 0.781. The molecule has 3 N–H and O–H groups in total. The maximum atomic E-state index is 11.9. The van der Waals surface area contributed by atoms with Gasteiger partial charge in [0.2, 0.25) is 10.0 Å². The number of nitrogens with one attached hydrogen (secondary N) is 1. The van der Waals surface area contributed by atoms with Crippen LogP contribution in [-0.2, 0) is 10.0 Å². The van der Waals surface area contributed by atoms with E-state index in [4.69, 9.17) is 5.73 Å². The van der Waals surface area contributed by atoms with Gasteiger partial charge in [-0.1, -0.05) is 12.0 Å². The summed E-state index contributed by atoms with van der Waals surface area (Å²) in [7, 11) is -3.47. The summed E-state index contributed by atoms with van der Waals surface area (Å²) in [6.45, 7) is 5.09. The molecule has 0 bridgehead atoms. The molecule has 0 aliphatic rings. The van der Waals surface area contributed by atoms with E-state index in [-0.39, 0.29) is 12.4 Å². The predicted octanol–water partition coefficient (Wildman–Crippen LogP) is 0.932. The van der Waals surface area contributed by atoms with E-state index in [1.54, 1.807) is 39.0 Å². The van der Waals surface area contributed by atoms with E-state index in [2.05, 4.69) is 21.5 Å². The lowest BCUT2D eigenvalue weighted by Crippen LogP contribution is -2.34. The molecule has 0 aliphatic heterocycles. The maximum absolute atomic E-state index is 11.9. The number of aromatic nitrogens is 1. The standard InChI is InChI=1S/C12H17N3O2S/c1-12(2,3)18(16,17)15-11-8-4-6-10(14-11)7-5-9-13/h4,6,8H,9,13H2,1-3H3,(H,14,15). The van der Waals surface area contributed by atoms with Gasteiger partial charge in [0.15, 0.2) is 0 Å². The summed E-state index contributed by atoms with van der Waals surface area (Å²) in [6.07, 6.45) is 0. The molecular formula is C12H17N3O2S. The highest BCUT2D eigenvalue weighted by atomic mass is 32.2. The molecule has 0 fully saturated rings. The lowest BCUT2D eigenvalue weighted by Gasteiger charge is -2.19. The van der Waals surface area contributed by atoms with Crippen molar-refractivity contribution >= 4 is 15.8 Å². The SMILES string of the molecule is CC(C)(C)S(=O)(=O)Nc1cccc(C#CCN)n1. The van der Waals surface area contributed by atoms with Gasteiger partial charge >= 0.3 is 0 Å². The van der Waals surface area contributed by atoms with Gasteiger partial charge in [0.1, 0.15) is 11.5 Å². The fraction of sp³-hybridized carbons (Fsp3) is 0.417. The second-order valence-corrected chi connectivity index (χ2v) is 7.07. The van der Waals surface area contributed by atoms with E-state index in [9.17, 15) is 8.42 Å². The normalized spacial score (nSPS) is 11.6. The first kappa shape index (κ1) is 14.5. The molecule has 0 spiro atoms. The maximum Gasteiger partial charge on any atom is 0.238 e. The Morgan fingerprint density at radius 3 is 2.61 bits per heavy atom. The van der Waals surface area contributed by atoms with Gasteiger partial charge in [-0.2, -0.15) is 0 Å². The van der Waals surface area contributed by atoms with Crippen molar-refractivity contribution in [2.24, 2.45) is 5.73 Å². The van der Waals surface area contributed by atoms with Crippen LogP contribution in [0.3, 0.4) is 0 Å². The van der Waals surface area contributed by atoms with Crippen molar-refractivity contribution in [3.05, 3.63) is 23.9 Å². The first-order chi connectivity index (χ1) is 8.26. The van der Waals surface area contributed by atoms with Crippen molar-refractivity contribution in [3.8, 4) is 11.8 Å². The first-order valence-electron chi connectivity index (χ1n) is 5.44. The molecular weight excluding hydrogens is 250 g/mol. The molecule has 98 valence electrons. The highest BCUT2D eigenvalue weighted by Gasteiger charge is 2.29. The fourth-order valence-electron chi connectivity index (χ4n) is 0.994. The van der Waals surface area contributed by atoms with Gasteiger partial charge in [-0.15, -0.1) is 0 Å². The Morgan fingerprint density at radius 1 is 1.39 bits per heavy atom. The van der Waals surface area contributed by atoms with E-state index in [0.717, 1.165) is 0 Å². The number of anilines is 1. The number of hydrogen-bond acceptors (Lipinski definition) is 4. The molecule has 0 unspecified atom stereocenters. The zero-order valence-electron chi connectivity index (χ0n) is 10.7. The Bertz CT molecular complexity index is 577. The number of hydrogen-bond donors (Lipinski definition) is 2. The third-order valence-electron chi connectivity index (χ3n) is 2.11. The third kappa shape index (κ3) is 3.72. The largest absolute Gasteiger partial charge is 0.320 e. The average Bonchev–Trinajstić information content (AvgIpc) is 2.24. The molecule has 0 atom stereocenters. The van der Waals surface area contributed by atoms with Crippen molar-refractivity contribution < 1.29 is 8.42 Å². The number of nitrogens with zero attached hydrogens (tertiary/aromatic N) is 1. The van der Waals surface area contributed by atoms with Crippen molar-refractivity contribution in [3.63, 3.8) is 0 Å². The van der Waals surface area contributed by atoms with Crippen molar-refractivity contribution in [2.45, 2.75) is 25.5 Å². The van der Waals surface area contributed by atoms with Gasteiger partial charge in [0.25, 0.3) is 0 Å². The molecule has 6 heteroatoms. The predicted molar refractivity (Wildman–Crippen MR) is 72.5 cm³/mol. The number of nitrogens with two attached hydrogens (primary N) is 1. The summed E-state index contributed by atoms with van der Waals surface area (Å²) in [5, 5.41) is 0. The molecule has 0 amide bonds. The summed E-state index contributed by atoms with van der Waals surface area (Å²) in [4.78, 5) is 4.09. The van der Waals surface area contributed by atoms with Crippen LogP contribution in [0.25, 0.3) is 0 Å². The molecule has 1 aromatic heterocycles. The Labute approximate surface area is 108 Å². The molecule has 0 aromatic carbocycles. The molecule has 0 saturated carbocycles. The van der Waals surface area contributed by atoms with Crippen LogP contribution in [-0.4, -0.2) is 24.7 Å². The van der Waals surface area contributed by atoms with Crippen LogP contribution in [0.2, 0.25) is 0 Å². The topological polar surface area (TPSA) is 85.1 Å². The minimum Gasteiger partial charge on any atom is -0.320 e. The summed E-state index contributed by atoms with van der Waals surface area (Å²) in [5.74, 6) is 5.67. The van der Waals surface area contributed by atoms with Gasteiger partial charge < -0.3 is 5.73 Å². The summed E-state index contributed by atoms with van der Waals surface area (Å²) < 4.78 is 25.4. The van der Waals surface area contributed by atoms with E-state index >= 15 is 0 Å². The molecule has 1 rings (SSSR count). The van der Waals surface area contributed by atoms with Crippen LogP contribution in [0.5, 0.6) is 0 Å². The molecule has 0 saturated heterocycles. The van der Waals surface area contributed by atoms with Crippen molar-refractivity contribution in [1.29, 1.82) is 0 Å². The Kier molecular flexibility index (Phi) is 4.33. The lowest BCUT2D eigenvalue weighted by molar-refractivity contribution is 0.566. The molecule has 0 radical (unpaired) electrons. The second kappa shape index (κ2) is 5.38. The highest BCUT2D eigenvalue weighted by Crippen LogP contribution is 2.18.